The van der Waals surface area contributed by atoms with Crippen LogP contribution >= 0.6 is 0 Å². The number of likely N-dealkylation sites (N-methyl/N-ethyl adjacent to an activating group) is 1. The third kappa shape index (κ3) is 6.89. The van der Waals surface area contributed by atoms with E-state index in [1.54, 1.807) is 37.1 Å². The molecule has 11 heteroatoms. The summed E-state index contributed by atoms with van der Waals surface area (Å²) in [4.78, 5) is 42.7. The SMILES string of the molecule is C[C@H](CO)N1C[C@H](C)[C@H](CN(C)C(=O)Nc2ccc(F)cc2)Oc2c(NC(=O)C3CCOCC3)cccc2C1=O. The van der Waals surface area contributed by atoms with Crippen molar-refractivity contribution in [2.75, 3.05) is 50.6 Å². The molecular formula is C29H37FN4O6. The number of hydrogen-bond donors (Lipinski definition) is 3. The number of aliphatic hydroxyl groups excluding tert-OH is 1. The summed E-state index contributed by atoms with van der Waals surface area (Å²) < 4.78 is 25.1. The summed E-state index contributed by atoms with van der Waals surface area (Å²) in [6.07, 6.45) is 0.650. The third-order valence-corrected chi connectivity index (χ3v) is 7.44. The van der Waals surface area contributed by atoms with E-state index in [0.717, 1.165) is 0 Å². The van der Waals surface area contributed by atoms with Crippen LogP contribution in [0.5, 0.6) is 5.75 Å². The predicted molar refractivity (Wildman–Crippen MR) is 148 cm³/mol. The Morgan fingerprint density at radius 1 is 1.15 bits per heavy atom. The Balaban J connectivity index is 1.61. The molecule has 40 heavy (non-hydrogen) atoms. The van der Waals surface area contributed by atoms with E-state index in [0.29, 0.717) is 37.4 Å². The zero-order valence-electron chi connectivity index (χ0n) is 23.1. The van der Waals surface area contributed by atoms with Gasteiger partial charge in [-0.3, -0.25) is 9.59 Å². The van der Waals surface area contributed by atoms with Crippen LogP contribution in [-0.4, -0.2) is 84.9 Å². The van der Waals surface area contributed by atoms with Crippen molar-refractivity contribution >= 4 is 29.2 Å². The van der Waals surface area contributed by atoms with Crippen molar-refractivity contribution in [1.82, 2.24) is 9.80 Å². The number of anilines is 2. The van der Waals surface area contributed by atoms with Gasteiger partial charge in [-0.15, -0.1) is 0 Å². The fourth-order valence-corrected chi connectivity index (χ4v) is 4.86. The van der Waals surface area contributed by atoms with Gasteiger partial charge in [-0.25, -0.2) is 9.18 Å². The van der Waals surface area contributed by atoms with Gasteiger partial charge in [0.2, 0.25) is 5.91 Å². The number of urea groups is 1. The molecule has 2 heterocycles. The maximum Gasteiger partial charge on any atom is 0.321 e. The molecule has 1 fully saturated rings. The number of ether oxygens (including phenoxy) is 2. The van der Waals surface area contributed by atoms with Gasteiger partial charge in [0.1, 0.15) is 11.9 Å². The third-order valence-electron chi connectivity index (χ3n) is 7.44. The van der Waals surface area contributed by atoms with Crippen molar-refractivity contribution in [2.24, 2.45) is 11.8 Å². The highest BCUT2D eigenvalue weighted by molar-refractivity contribution is 6.02. The van der Waals surface area contributed by atoms with E-state index in [9.17, 15) is 23.9 Å². The Kier molecular flexibility index (Phi) is 9.59. The lowest BCUT2D eigenvalue weighted by Gasteiger charge is -2.38. The van der Waals surface area contributed by atoms with E-state index in [-0.39, 0.29) is 54.7 Å². The monoisotopic (exact) mass is 556 g/mol. The summed E-state index contributed by atoms with van der Waals surface area (Å²) in [6.45, 7) is 4.93. The van der Waals surface area contributed by atoms with Gasteiger partial charge in [-0.05, 0) is 56.2 Å². The van der Waals surface area contributed by atoms with E-state index in [4.69, 9.17) is 9.47 Å². The van der Waals surface area contributed by atoms with E-state index < -0.39 is 24.0 Å². The van der Waals surface area contributed by atoms with Crippen molar-refractivity contribution in [2.45, 2.75) is 38.8 Å². The molecule has 0 radical (unpaired) electrons. The second-order valence-electron chi connectivity index (χ2n) is 10.5. The lowest BCUT2D eigenvalue weighted by molar-refractivity contribution is -0.122. The normalized spacial score (nSPS) is 20.4. The van der Waals surface area contributed by atoms with Crippen molar-refractivity contribution in [3.8, 4) is 5.75 Å². The minimum atomic E-state index is -0.564. The summed E-state index contributed by atoms with van der Waals surface area (Å²) >= 11 is 0. The molecule has 2 aliphatic rings. The smallest absolute Gasteiger partial charge is 0.321 e. The topological polar surface area (TPSA) is 120 Å². The number of benzene rings is 2. The Labute approximate surface area is 233 Å². The number of carbonyl (C=O) groups is 3. The van der Waals surface area contributed by atoms with Crippen molar-refractivity contribution in [3.05, 3.63) is 53.8 Å². The van der Waals surface area contributed by atoms with Crippen LogP contribution in [0.4, 0.5) is 20.6 Å². The Bertz CT molecular complexity index is 1200. The molecule has 10 nitrogen and oxygen atoms in total. The standard InChI is InChI=1S/C29H37FN4O6/c1-18-15-34(19(2)17-35)28(37)23-5-4-6-24(32-27(36)20-11-13-39-14-12-20)26(23)40-25(18)16-33(3)29(38)31-22-9-7-21(30)8-10-22/h4-10,18-20,25,35H,11-17H2,1-3H3,(H,31,38)(H,32,36)/t18-,19+,25-/m0/s1. The van der Waals surface area contributed by atoms with Crippen LogP contribution in [0, 0.1) is 17.7 Å². The van der Waals surface area contributed by atoms with Gasteiger partial charge >= 0.3 is 6.03 Å². The highest BCUT2D eigenvalue weighted by Crippen LogP contribution is 2.35. The Hall–Kier alpha value is -3.70. The van der Waals surface area contributed by atoms with Gasteiger partial charge in [0, 0.05) is 44.3 Å². The number of fused-ring (bicyclic) bond motifs is 1. The molecule has 3 atom stereocenters. The van der Waals surface area contributed by atoms with E-state index in [1.807, 2.05) is 6.92 Å². The molecule has 0 saturated carbocycles. The zero-order chi connectivity index (χ0) is 28.8. The minimum Gasteiger partial charge on any atom is -0.485 e. The summed E-state index contributed by atoms with van der Waals surface area (Å²) in [7, 11) is 1.62. The highest BCUT2D eigenvalue weighted by atomic mass is 19.1. The van der Waals surface area contributed by atoms with Crippen LogP contribution < -0.4 is 15.4 Å². The first-order chi connectivity index (χ1) is 19.2. The molecule has 0 spiro atoms. The van der Waals surface area contributed by atoms with Gasteiger partial charge in [-0.2, -0.15) is 0 Å². The summed E-state index contributed by atoms with van der Waals surface area (Å²) in [5.41, 5.74) is 1.08. The first-order valence-corrected chi connectivity index (χ1v) is 13.6. The van der Waals surface area contributed by atoms with Crippen LogP contribution in [0.25, 0.3) is 0 Å². The van der Waals surface area contributed by atoms with Gasteiger partial charge in [0.15, 0.2) is 5.75 Å². The highest BCUT2D eigenvalue weighted by Gasteiger charge is 2.35. The van der Waals surface area contributed by atoms with Crippen molar-refractivity contribution in [1.29, 1.82) is 0 Å². The maximum atomic E-state index is 13.6. The molecule has 0 aromatic heterocycles. The quantitative estimate of drug-likeness (QED) is 0.480. The number of para-hydroxylation sites is 1. The molecule has 0 bridgehead atoms. The van der Waals surface area contributed by atoms with Gasteiger partial charge in [-0.1, -0.05) is 13.0 Å². The molecule has 3 N–H and O–H groups in total. The average molecular weight is 557 g/mol. The predicted octanol–water partition coefficient (Wildman–Crippen LogP) is 3.57. The Morgan fingerprint density at radius 3 is 2.52 bits per heavy atom. The lowest BCUT2D eigenvalue weighted by atomic mass is 9.98. The molecule has 2 aromatic carbocycles. The van der Waals surface area contributed by atoms with E-state index >= 15 is 0 Å². The largest absolute Gasteiger partial charge is 0.485 e. The van der Waals surface area contributed by atoms with Gasteiger partial charge in [0.05, 0.1) is 30.4 Å². The van der Waals surface area contributed by atoms with Crippen molar-refractivity contribution < 1.29 is 33.4 Å². The molecule has 0 unspecified atom stereocenters. The fourth-order valence-electron chi connectivity index (χ4n) is 4.86. The number of nitrogens with zero attached hydrogens (tertiary/aromatic N) is 2. The van der Waals surface area contributed by atoms with Crippen LogP contribution in [0.2, 0.25) is 0 Å². The molecule has 4 amide bonds. The molecule has 0 aliphatic carbocycles. The number of hydrogen-bond acceptors (Lipinski definition) is 6. The van der Waals surface area contributed by atoms with Crippen LogP contribution in [0.15, 0.2) is 42.5 Å². The number of carbonyl (C=O) groups excluding carboxylic acids is 3. The fraction of sp³-hybridized carbons (Fsp3) is 0.483. The second kappa shape index (κ2) is 13.1. The van der Waals surface area contributed by atoms with E-state index in [2.05, 4.69) is 10.6 Å². The number of aliphatic hydroxyl groups is 1. The Morgan fingerprint density at radius 2 is 1.85 bits per heavy atom. The molecule has 1 saturated heterocycles. The molecule has 4 rings (SSSR count). The van der Waals surface area contributed by atoms with Gasteiger partial charge in [0.25, 0.3) is 5.91 Å². The average Bonchev–Trinajstić information content (AvgIpc) is 2.96. The maximum absolute atomic E-state index is 13.6. The van der Waals surface area contributed by atoms with E-state index in [1.165, 1.54) is 29.2 Å². The summed E-state index contributed by atoms with van der Waals surface area (Å²) in [5, 5.41) is 15.6. The number of rotatable bonds is 7. The van der Waals surface area contributed by atoms with Crippen LogP contribution in [-0.2, 0) is 9.53 Å². The molecule has 2 aromatic rings. The van der Waals surface area contributed by atoms with Crippen molar-refractivity contribution in [3.63, 3.8) is 0 Å². The first kappa shape index (κ1) is 29.3. The number of halogens is 1. The molecule has 2 aliphatic heterocycles. The van der Waals surface area contributed by atoms with Crippen LogP contribution in [0.1, 0.15) is 37.0 Å². The van der Waals surface area contributed by atoms with Gasteiger partial charge < -0.3 is 35.0 Å². The summed E-state index contributed by atoms with van der Waals surface area (Å²) in [6, 6.07) is 9.61. The zero-order valence-corrected chi connectivity index (χ0v) is 23.1. The number of nitrogens with one attached hydrogen (secondary N) is 2. The first-order valence-electron chi connectivity index (χ1n) is 13.6. The van der Waals surface area contributed by atoms with Crippen LogP contribution in [0.3, 0.4) is 0 Å². The minimum absolute atomic E-state index is 0.158. The molecule has 216 valence electrons. The lowest BCUT2D eigenvalue weighted by Crippen LogP contribution is -2.50. The molecular weight excluding hydrogens is 519 g/mol. The number of amides is 4. The summed E-state index contributed by atoms with van der Waals surface area (Å²) in [5.74, 6) is -1.12. The second-order valence-corrected chi connectivity index (χ2v) is 10.5.